The van der Waals surface area contributed by atoms with E-state index in [2.05, 4.69) is 15.3 Å². The Morgan fingerprint density at radius 3 is 2.72 bits per heavy atom. The van der Waals surface area contributed by atoms with Crippen molar-refractivity contribution < 1.29 is 14.3 Å². The first-order valence-corrected chi connectivity index (χ1v) is 11.7. The van der Waals surface area contributed by atoms with Gasteiger partial charge in [0.25, 0.3) is 5.91 Å². The summed E-state index contributed by atoms with van der Waals surface area (Å²) in [6.07, 6.45) is 6.56. The number of rotatable bonds is 7. The molecule has 1 aliphatic rings. The summed E-state index contributed by atoms with van der Waals surface area (Å²) in [4.78, 5) is 35.0. The van der Waals surface area contributed by atoms with Crippen molar-refractivity contribution >= 4 is 34.9 Å². The highest BCUT2D eigenvalue weighted by molar-refractivity contribution is 7.09. The maximum atomic E-state index is 12.4. The fourth-order valence-electron chi connectivity index (χ4n) is 3.51. The van der Waals surface area contributed by atoms with Crippen molar-refractivity contribution in [1.29, 1.82) is 0 Å². The lowest BCUT2D eigenvalue weighted by atomic mass is 9.98. The van der Waals surface area contributed by atoms with E-state index in [-0.39, 0.29) is 24.5 Å². The number of hydrogen-bond acceptors (Lipinski definition) is 6. The maximum absolute atomic E-state index is 12.4. The van der Waals surface area contributed by atoms with Crippen molar-refractivity contribution in [1.82, 2.24) is 24.8 Å². The Morgan fingerprint density at radius 1 is 1.22 bits per heavy atom. The molecule has 0 saturated carbocycles. The molecule has 3 aromatic rings. The molecular formula is C22H24ClN5O3S. The van der Waals surface area contributed by atoms with Gasteiger partial charge < -0.3 is 19.5 Å². The van der Waals surface area contributed by atoms with E-state index in [1.807, 2.05) is 22.9 Å². The van der Waals surface area contributed by atoms with Crippen molar-refractivity contribution in [3.8, 4) is 0 Å². The van der Waals surface area contributed by atoms with Gasteiger partial charge in [-0.15, -0.1) is 11.3 Å². The molecule has 0 atom stereocenters. The molecule has 1 aromatic carbocycles. The van der Waals surface area contributed by atoms with Crippen LogP contribution in [0, 0.1) is 0 Å². The van der Waals surface area contributed by atoms with Crippen molar-refractivity contribution in [3.63, 3.8) is 0 Å². The number of nitrogens with one attached hydrogen (secondary N) is 1. The van der Waals surface area contributed by atoms with Crippen molar-refractivity contribution in [2.75, 3.05) is 19.6 Å². The van der Waals surface area contributed by atoms with E-state index in [1.165, 1.54) is 11.3 Å². The highest BCUT2D eigenvalue weighted by Gasteiger charge is 2.27. The minimum atomic E-state index is -0.310. The predicted molar refractivity (Wildman–Crippen MR) is 122 cm³/mol. The number of carbonyl (C=O) groups is 2. The Kier molecular flexibility index (Phi) is 7.39. The van der Waals surface area contributed by atoms with Crippen LogP contribution < -0.4 is 5.32 Å². The number of amides is 2. The largest absolute Gasteiger partial charge is 0.445 e. The first-order chi connectivity index (χ1) is 15.6. The number of benzene rings is 1. The van der Waals surface area contributed by atoms with E-state index < -0.39 is 0 Å². The molecule has 1 saturated heterocycles. The molecule has 2 aromatic heterocycles. The van der Waals surface area contributed by atoms with E-state index >= 15 is 0 Å². The molecule has 10 heteroatoms. The summed E-state index contributed by atoms with van der Waals surface area (Å²) in [5.41, 5.74) is 1.34. The number of halogens is 1. The monoisotopic (exact) mass is 473 g/mol. The van der Waals surface area contributed by atoms with Gasteiger partial charge in [0.05, 0.1) is 11.3 Å². The van der Waals surface area contributed by atoms with Gasteiger partial charge in [-0.2, -0.15) is 0 Å². The number of ether oxygens (including phenoxy) is 1. The first kappa shape index (κ1) is 22.3. The zero-order valence-corrected chi connectivity index (χ0v) is 19.0. The second-order valence-corrected chi connectivity index (χ2v) is 8.90. The van der Waals surface area contributed by atoms with Crippen molar-refractivity contribution in [2.24, 2.45) is 0 Å². The smallest absolute Gasteiger partial charge is 0.410 e. The standard InChI is InChI=1S/C22H24ClN5O3S/c23-18-3-1-16(2-4-18)13-31-22(30)28-9-5-17(6-10-28)21-26-19(14-32-21)20(29)25-8-12-27-11-7-24-15-27/h1-4,7,11,14-15,17H,5-6,8-10,12-13H2,(H,25,29). The van der Waals surface area contributed by atoms with Gasteiger partial charge in [0.1, 0.15) is 12.3 Å². The molecule has 1 fully saturated rings. The summed E-state index contributed by atoms with van der Waals surface area (Å²) >= 11 is 7.38. The van der Waals surface area contributed by atoms with E-state index in [1.54, 1.807) is 34.9 Å². The average Bonchev–Trinajstić information content (AvgIpc) is 3.51. The SMILES string of the molecule is O=C(NCCn1ccnc1)c1csc(C2CCN(C(=O)OCc3ccc(Cl)cc3)CC2)n1. The molecule has 0 aliphatic carbocycles. The molecule has 4 rings (SSSR count). The number of nitrogens with zero attached hydrogens (tertiary/aromatic N) is 4. The number of piperidine rings is 1. The number of carbonyl (C=O) groups excluding carboxylic acids is 2. The molecule has 0 unspecified atom stereocenters. The highest BCUT2D eigenvalue weighted by atomic mass is 35.5. The fraction of sp³-hybridized carbons (Fsp3) is 0.364. The lowest BCUT2D eigenvalue weighted by Crippen LogP contribution is -2.38. The number of hydrogen-bond donors (Lipinski definition) is 1. The molecule has 1 N–H and O–H groups in total. The predicted octanol–water partition coefficient (Wildman–Crippen LogP) is 3.94. The van der Waals surface area contributed by atoms with Gasteiger partial charge in [-0.25, -0.2) is 14.8 Å². The quantitative estimate of drug-likeness (QED) is 0.561. The second-order valence-electron chi connectivity index (χ2n) is 7.57. The Bertz CT molecular complexity index is 1030. The van der Waals surface area contributed by atoms with E-state index in [4.69, 9.17) is 16.3 Å². The van der Waals surface area contributed by atoms with Crippen LogP contribution in [0.1, 0.15) is 39.8 Å². The molecule has 0 bridgehead atoms. The van der Waals surface area contributed by atoms with E-state index in [9.17, 15) is 9.59 Å². The van der Waals surface area contributed by atoms with E-state index in [0.717, 1.165) is 23.4 Å². The molecule has 0 radical (unpaired) electrons. The van der Waals surface area contributed by atoms with Crippen LogP contribution in [-0.2, 0) is 17.9 Å². The van der Waals surface area contributed by atoms with Crippen molar-refractivity contribution in [3.05, 3.63) is 69.7 Å². The van der Waals surface area contributed by atoms with Gasteiger partial charge in [0.2, 0.25) is 0 Å². The number of aromatic nitrogens is 3. The van der Waals surface area contributed by atoms with Gasteiger partial charge in [0.15, 0.2) is 0 Å². The zero-order chi connectivity index (χ0) is 22.3. The topological polar surface area (TPSA) is 89.4 Å². The molecule has 8 nitrogen and oxygen atoms in total. The van der Waals surface area contributed by atoms with Gasteiger partial charge >= 0.3 is 6.09 Å². The lowest BCUT2D eigenvalue weighted by molar-refractivity contribution is 0.0870. The highest BCUT2D eigenvalue weighted by Crippen LogP contribution is 2.30. The van der Waals surface area contributed by atoms with E-state index in [0.29, 0.717) is 36.9 Å². The van der Waals surface area contributed by atoms with Gasteiger partial charge in [-0.05, 0) is 30.5 Å². The Labute approximate surface area is 195 Å². The summed E-state index contributed by atoms with van der Waals surface area (Å²) in [7, 11) is 0. The van der Waals surface area contributed by atoms with Gasteiger partial charge in [-0.1, -0.05) is 23.7 Å². The molecule has 3 heterocycles. The van der Waals surface area contributed by atoms with Crippen LogP contribution in [0.25, 0.3) is 0 Å². The molecule has 2 amide bonds. The van der Waals surface area contributed by atoms with Crippen LogP contribution in [0.2, 0.25) is 5.02 Å². The first-order valence-electron chi connectivity index (χ1n) is 10.4. The Balaban J connectivity index is 1.21. The Hall–Kier alpha value is -2.91. The maximum Gasteiger partial charge on any atom is 0.410 e. The average molecular weight is 474 g/mol. The fourth-order valence-corrected chi connectivity index (χ4v) is 4.61. The zero-order valence-electron chi connectivity index (χ0n) is 17.4. The van der Waals surface area contributed by atoms with Crippen LogP contribution in [0.15, 0.2) is 48.4 Å². The van der Waals surface area contributed by atoms with Crippen molar-refractivity contribution in [2.45, 2.75) is 31.9 Å². The summed E-state index contributed by atoms with van der Waals surface area (Å²) in [5.74, 6) is 0.0728. The third-order valence-electron chi connectivity index (χ3n) is 5.35. The number of imidazole rings is 1. The molecule has 1 aliphatic heterocycles. The summed E-state index contributed by atoms with van der Waals surface area (Å²) in [6, 6.07) is 7.24. The van der Waals surface area contributed by atoms with Gasteiger partial charge in [-0.3, -0.25) is 4.79 Å². The molecule has 168 valence electrons. The van der Waals surface area contributed by atoms with Crippen LogP contribution in [0.5, 0.6) is 0 Å². The Morgan fingerprint density at radius 2 is 2.00 bits per heavy atom. The van der Waals surface area contributed by atoms with Crippen LogP contribution >= 0.6 is 22.9 Å². The van der Waals surface area contributed by atoms with Crippen LogP contribution in [0.3, 0.4) is 0 Å². The summed E-state index contributed by atoms with van der Waals surface area (Å²) < 4.78 is 7.32. The second kappa shape index (κ2) is 10.6. The van der Waals surface area contributed by atoms with Crippen LogP contribution in [0.4, 0.5) is 4.79 Å². The van der Waals surface area contributed by atoms with Gasteiger partial charge in [0, 0.05) is 54.9 Å². The summed E-state index contributed by atoms with van der Waals surface area (Å²) in [5, 5.41) is 6.28. The van der Waals surface area contributed by atoms with Crippen LogP contribution in [-0.4, -0.2) is 51.1 Å². The number of thiazole rings is 1. The molecule has 32 heavy (non-hydrogen) atoms. The third kappa shape index (κ3) is 5.86. The minimum absolute atomic E-state index is 0.171. The minimum Gasteiger partial charge on any atom is -0.445 e. The summed E-state index contributed by atoms with van der Waals surface area (Å²) in [6.45, 7) is 2.61. The molecular weight excluding hydrogens is 450 g/mol. The molecule has 0 spiro atoms. The lowest BCUT2D eigenvalue weighted by Gasteiger charge is -2.30. The number of likely N-dealkylation sites (tertiary alicyclic amines) is 1. The normalized spacial score (nSPS) is 14.3. The third-order valence-corrected chi connectivity index (χ3v) is 6.61.